The van der Waals surface area contributed by atoms with E-state index in [0.717, 1.165) is 11.1 Å². The van der Waals surface area contributed by atoms with Gasteiger partial charge in [0, 0.05) is 37.5 Å². The first-order valence-corrected chi connectivity index (χ1v) is 11.3. The fraction of sp³-hybridized carbons (Fsp3) is 0.231. The van der Waals surface area contributed by atoms with Gasteiger partial charge in [0.2, 0.25) is 5.95 Å². The molecule has 1 unspecified atom stereocenters. The van der Waals surface area contributed by atoms with E-state index < -0.39 is 6.10 Å². The van der Waals surface area contributed by atoms with Crippen molar-refractivity contribution in [3.8, 4) is 17.1 Å². The molecule has 4 aromatic rings. The molecular weight excluding hydrogens is 449 g/mol. The molecule has 0 bridgehead atoms. The average molecular weight is 474 g/mol. The summed E-state index contributed by atoms with van der Waals surface area (Å²) in [6.45, 7) is 1.69. The van der Waals surface area contributed by atoms with Gasteiger partial charge in [-0.2, -0.15) is 0 Å². The second-order valence-electron chi connectivity index (χ2n) is 8.20. The summed E-state index contributed by atoms with van der Waals surface area (Å²) in [5.41, 5.74) is 2.57. The summed E-state index contributed by atoms with van der Waals surface area (Å²) in [7, 11) is 1.69. The van der Waals surface area contributed by atoms with Crippen LogP contribution in [-0.4, -0.2) is 39.2 Å². The molecule has 0 radical (unpaired) electrons. The molecule has 2 aromatic heterocycles. The molecule has 0 amide bonds. The van der Waals surface area contributed by atoms with Crippen LogP contribution in [0.15, 0.2) is 78.0 Å². The standard InChI is InChI=1S/C26H24FN5O3/c1-31-25(33)14-22(21-9-10-28-17-29-21)30-26(31)32-11-12-34-24(15-32)20-8-7-19(27)13-23(20)35-16-18-5-3-2-4-6-18/h2-10,13-14,17,24H,11-12,15-16H2,1H3. The maximum absolute atomic E-state index is 14.1. The van der Waals surface area contributed by atoms with Crippen molar-refractivity contribution in [2.45, 2.75) is 12.7 Å². The Morgan fingerprint density at radius 3 is 2.77 bits per heavy atom. The number of nitrogens with zero attached hydrogens (tertiary/aromatic N) is 5. The summed E-state index contributed by atoms with van der Waals surface area (Å²) in [4.78, 5) is 27.6. The van der Waals surface area contributed by atoms with Gasteiger partial charge in [-0.05, 0) is 23.8 Å². The fourth-order valence-corrected chi connectivity index (χ4v) is 4.04. The molecule has 1 aliphatic heterocycles. The molecule has 1 saturated heterocycles. The van der Waals surface area contributed by atoms with Gasteiger partial charge in [0.15, 0.2) is 0 Å². The molecule has 5 rings (SSSR count). The average Bonchev–Trinajstić information content (AvgIpc) is 2.90. The second kappa shape index (κ2) is 10.0. The molecule has 2 aromatic carbocycles. The highest BCUT2D eigenvalue weighted by molar-refractivity contribution is 5.55. The molecule has 8 nitrogen and oxygen atoms in total. The Labute approximate surface area is 201 Å². The minimum Gasteiger partial charge on any atom is -0.488 e. The SMILES string of the molecule is Cn1c(N2CCOC(c3ccc(F)cc3OCc3ccccc3)C2)nc(-c2ccncn2)cc1=O. The summed E-state index contributed by atoms with van der Waals surface area (Å²) in [6.07, 6.45) is 2.64. The van der Waals surface area contributed by atoms with Crippen molar-refractivity contribution in [1.82, 2.24) is 19.5 Å². The van der Waals surface area contributed by atoms with Gasteiger partial charge in [0.25, 0.3) is 5.56 Å². The lowest BCUT2D eigenvalue weighted by Crippen LogP contribution is -2.41. The summed E-state index contributed by atoms with van der Waals surface area (Å²) in [5, 5.41) is 0. The van der Waals surface area contributed by atoms with E-state index in [1.807, 2.05) is 35.2 Å². The van der Waals surface area contributed by atoms with Gasteiger partial charge < -0.3 is 14.4 Å². The topological polar surface area (TPSA) is 82.4 Å². The van der Waals surface area contributed by atoms with Crippen molar-refractivity contribution in [1.29, 1.82) is 0 Å². The summed E-state index contributed by atoms with van der Waals surface area (Å²) in [5.74, 6) is 0.552. The normalized spacial score (nSPS) is 15.7. The molecule has 0 aliphatic carbocycles. The van der Waals surface area contributed by atoms with Crippen molar-refractivity contribution in [3.63, 3.8) is 0 Å². The quantitative estimate of drug-likeness (QED) is 0.424. The predicted molar refractivity (Wildman–Crippen MR) is 129 cm³/mol. The number of hydrogen-bond acceptors (Lipinski definition) is 7. The monoisotopic (exact) mass is 473 g/mol. The maximum Gasteiger partial charge on any atom is 0.255 e. The molecule has 3 heterocycles. The lowest BCUT2D eigenvalue weighted by Gasteiger charge is -2.35. The first-order chi connectivity index (χ1) is 17.1. The molecule has 1 fully saturated rings. The zero-order chi connectivity index (χ0) is 24.2. The van der Waals surface area contributed by atoms with E-state index in [9.17, 15) is 9.18 Å². The van der Waals surface area contributed by atoms with Crippen LogP contribution in [0.5, 0.6) is 5.75 Å². The number of ether oxygens (including phenoxy) is 2. The lowest BCUT2D eigenvalue weighted by atomic mass is 10.1. The minimum atomic E-state index is -0.394. The second-order valence-corrected chi connectivity index (χ2v) is 8.20. The van der Waals surface area contributed by atoms with Gasteiger partial charge >= 0.3 is 0 Å². The van der Waals surface area contributed by atoms with Crippen LogP contribution in [-0.2, 0) is 18.4 Å². The van der Waals surface area contributed by atoms with Gasteiger partial charge in [-0.25, -0.2) is 19.3 Å². The summed E-state index contributed by atoms with van der Waals surface area (Å²) >= 11 is 0. The first kappa shape index (κ1) is 22.7. The van der Waals surface area contributed by atoms with Crippen molar-refractivity contribution in [2.24, 2.45) is 7.05 Å². The van der Waals surface area contributed by atoms with E-state index in [4.69, 9.17) is 14.5 Å². The van der Waals surface area contributed by atoms with Crippen molar-refractivity contribution < 1.29 is 13.9 Å². The lowest BCUT2D eigenvalue weighted by molar-refractivity contribution is 0.0368. The van der Waals surface area contributed by atoms with Gasteiger partial charge in [-0.3, -0.25) is 9.36 Å². The zero-order valence-corrected chi connectivity index (χ0v) is 19.2. The first-order valence-electron chi connectivity index (χ1n) is 11.3. The number of hydrogen-bond donors (Lipinski definition) is 0. The molecule has 0 saturated carbocycles. The molecule has 9 heteroatoms. The van der Waals surface area contributed by atoms with Crippen LogP contribution in [0.2, 0.25) is 0 Å². The largest absolute Gasteiger partial charge is 0.488 e. The van der Waals surface area contributed by atoms with Crippen LogP contribution in [0, 0.1) is 5.82 Å². The van der Waals surface area contributed by atoms with Crippen LogP contribution in [0.3, 0.4) is 0 Å². The number of benzene rings is 2. The number of aromatic nitrogens is 4. The molecule has 0 spiro atoms. The molecular formula is C26H24FN5O3. The maximum atomic E-state index is 14.1. The van der Waals surface area contributed by atoms with Crippen LogP contribution in [0.1, 0.15) is 17.2 Å². The third-order valence-electron chi connectivity index (χ3n) is 5.86. The predicted octanol–water partition coefficient (Wildman–Crippen LogP) is 3.53. The smallest absolute Gasteiger partial charge is 0.255 e. The van der Waals surface area contributed by atoms with E-state index in [2.05, 4.69) is 9.97 Å². The molecule has 1 atom stereocenters. The van der Waals surface area contributed by atoms with E-state index in [-0.39, 0.29) is 11.4 Å². The highest BCUT2D eigenvalue weighted by atomic mass is 19.1. The molecule has 178 valence electrons. The van der Waals surface area contributed by atoms with E-state index in [1.165, 1.54) is 29.1 Å². The van der Waals surface area contributed by atoms with Gasteiger partial charge in [0.1, 0.15) is 30.6 Å². The van der Waals surface area contributed by atoms with Gasteiger partial charge in [-0.1, -0.05) is 30.3 Å². The number of halogens is 1. The third kappa shape index (κ3) is 5.04. The Morgan fingerprint density at radius 1 is 1.11 bits per heavy atom. The molecule has 0 N–H and O–H groups in total. The van der Waals surface area contributed by atoms with Crippen molar-refractivity contribution >= 4 is 5.95 Å². The summed E-state index contributed by atoms with van der Waals surface area (Å²) in [6, 6.07) is 17.3. The third-order valence-corrected chi connectivity index (χ3v) is 5.86. The number of morpholine rings is 1. The van der Waals surface area contributed by atoms with Crippen LogP contribution in [0.4, 0.5) is 10.3 Å². The van der Waals surface area contributed by atoms with Crippen LogP contribution in [0.25, 0.3) is 11.4 Å². The highest BCUT2D eigenvalue weighted by Crippen LogP contribution is 2.33. The number of rotatable bonds is 6. The Bertz CT molecular complexity index is 1360. The van der Waals surface area contributed by atoms with Crippen LogP contribution >= 0.6 is 0 Å². The van der Waals surface area contributed by atoms with Crippen LogP contribution < -0.4 is 15.2 Å². The molecule has 35 heavy (non-hydrogen) atoms. The Balaban J connectivity index is 1.42. The number of anilines is 1. The highest BCUT2D eigenvalue weighted by Gasteiger charge is 2.27. The minimum absolute atomic E-state index is 0.194. The van der Waals surface area contributed by atoms with E-state index in [1.54, 1.807) is 25.4 Å². The van der Waals surface area contributed by atoms with Gasteiger partial charge in [-0.15, -0.1) is 0 Å². The Kier molecular flexibility index (Phi) is 6.49. The fourth-order valence-electron chi connectivity index (χ4n) is 4.04. The summed E-state index contributed by atoms with van der Waals surface area (Å²) < 4.78 is 27.6. The van der Waals surface area contributed by atoms with Crippen molar-refractivity contribution in [2.75, 3.05) is 24.6 Å². The Morgan fingerprint density at radius 2 is 1.97 bits per heavy atom. The van der Waals surface area contributed by atoms with E-state index >= 15 is 0 Å². The van der Waals surface area contributed by atoms with Crippen molar-refractivity contribution in [3.05, 3.63) is 100 Å². The van der Waals surface area contributed by atoms with Gasteiger partial charge in [0.05, 0.1) is 24.5 Å². The zero-order valence-electron chi connectivity index (χ0n) is 19.2. The van der Waals surface area contributed by atoms with E-state index in [0.29, 0.717) is 49.4 Å². The Hall–Kier alpha value is -4.11. The molecule has 1 aliphatic rings.